The van der Waals surface area contributed by atoms with Crippen LogP contribution in [0.4, 0.5) is 0 Å². The van der Waals surface area contributed by atoms with Gasteiger partial charge in [0.1, 0.15) is 12.7 Å². The van der Waals surface area contributed by atoms with Gasteiger partial charge >= 0.3 is 23.9 Å². The van der Waals surface area contributed by atoms with Crippen LogP contribution in [0.25, 0.3) is 0 Å². The molecule has 43 heavy (non-hydrogen) atoms. The van der Waals surface area contributed by atoms with Gasteiger partial charge in [-0.3, -0.25) is 0 Å². The number of esters is 4. The van der Waals surface area contributed by atoms with Crippen LogP contribution in [0.15, 0.2) is 121 Å². The molecule has 0 radical (unpaired) electrons. The number of carbonyl (C=O) groups is 4. The monoisotopic (exact) mass is 580 g/mol. The van der Waals surface area contributed by atoms with Gasteiger partial charge in [0.2, 0.25) is 11.9 Å². The van der Waals surface area contributed by atoms with Crippen molar-refractivity contribution in [2.24, 2.45) is 0 Å². The highest BCUT2D eigenvalue weighted by atomic mass is 16.8. The van der Waals surface area contributed by atoms with Gasteiger partial charge in [0.15, 0.2) is 6.10 Å². The Morgan fingerprint density at radius 1 is 0.581 bits per heavy atom. The lowest BCUT2D eigenvalue weighted by Gasteiger charge is -2.33. The minimum atomic E-state index is -1.86. The maximum Gasteiger partial charge on any atom is 0.340 e. The quantitative estimate of drug-likeness (QED) is 0.193. The molecule has 0 amide bonds. The Labute approximate surface area is 247 Å². The molecule has 9 nitrogen and oxygen atoms in total. The van der Waals surface area contributed by atoms with E-state index >= 15 is 0 Å². The normalized spacial score (nSPS) is 20.9. The smallest absolute Gasteiger partial charge is 0.340 e. The highest BCUT2D eigenvalue weighted by Crippen LogP contribution is 2.39. The van der Waals surface area contributed by atoms with Crippen LogP contribution in [-0.2, 0) is 23.7 Å². The molecule has 0 aromatic heterocycles. The predicted octanol–water partition coefficient (Wildman–Crippen LogP) is 5.27. The summed E-state index contributed by atoms with van der Waals surface area (Å²) < 4.78 is 29.1. The Hall–Kier alpha value is -5.28. The second kappa shape index (κ2) is 13.1. The first-order valence-electron chi connectivity index (χ1n) is 13.5. The number of benzene rings is 4. The highest BCUT2D eigenvalue weighted by Gasteiger charge is 2.61. The van der Waals surface area contributed by atoms with E-state index in [0.29, 0.717) is 5.56 Å². The molecule has 218 valence electrons. The molecule has 0 N–H and O–H groups in total. The van der Waals surface area contributed by atoms with Crippen molar-refractivity contribution >= 4 is 23.9 Å². The van der Waals surface area contributed by atoms with Crippen LogP contribution in [0, 0.1) is 0 Å². The number of rotatable bonds is 9. The van der Waals surface area contributed by atoms with Crippen molar-refractivity contribution in [3.8, 4) is 0 Å². The highest BCUT2D eigenvalue weighted by molar-refractivity contribution is 5.91. The van der Waals surface area contributed by atoms with Crippen molar-refractivity contribution in [2.45, 2.75) is 31.0 Å². The number of hydrogen-bond acceptors (Lipinski definition) is 9. The summed E-state index contributed by atoms with van der Waals surface area (Å²) in [7, 11) is 0. The van der Waals surface area contributed by atoms with Crippen LogP contribution >= 0.6 is 0 Å². The molecule has 4 aromatic carbocycles. The zero-order chi connectivity index (χ0) is 30.2. The average Bonchev–Trinajstić information content (AvgIpc) is 3.30. The lowest BCUT2D eigenvalue weighted by atomic mass is 9.96. The minimum absolute atomic E-state index is 0.212. The lowest BCUT2D eigenvalue weighted by Crippen LogP contribution is -2.53. The van der Waals surface area contributed by atoms with E-state index in [0.717, 1.165) is 0 Å². The Balaban J connectivity index is 1.48. The van der Waals surface area contributed by atoms with Gasteiger partial charge in [0.25, 0.3) is 0 Å². The summed E-state index contributed by atoms with van der Waals surface area (Å²) in [6.07, 6.45) is -4.07. The van der Waals surface area contributed by atoms with Gasteiger partial charge in [0, 0.05) is 0 Å². The van der Waals surface area contributed by atoms with Crippen molar-refractivity contribution in [1.29, 1.82) is 0 Å². The molecule has 0 spiro atoms. The van der Waals surface area contributed by atoms with Crippen LogP contribution in [0.2, 0.25) is 0 Å². The molecule has 1 heterocycles. The van der Waals surface area contributed by atoms with Crippen molar-refractivity contribution < 1.29 is 42.9 Å². The Morgan fingerprint density at radius 2 is 0.977 bits per heavy atom. The Kier molecular flexibility index (Phi) is 8.93. The van der Waals surface area contributed by atoms with Crippen LogP contribution in [0.1, 0.15) is 48.4 Å². The van der Waals surface area contributed by atoms with Gasteiger partial charge < -0.3 is 23.7 Å². The van der Waals surface area contributed by atoms with Crippen molar-refractivity contribution in [2.75, 3.05) is 6.61 Å². The van der Waals surface area contributed by atoms with Gasteiger partial charge in [-0.15, -0.1) is 0 Å². The van der Waals surface area contributed by atoms with Gasteiger partial charge in [-0.2, -0.15) is 0 Å². The predicted molar refractivity (Wildman–Crippen MR) is 153 cm³/mol. The molecule has 1 saturated heterocycles. The standard InChI is InChI=1S/C34H28O9/c1-34(43-32(38)26-20-12-5-13-21-26)28(41-30(36)24-16-8-3-9-17-24)27(22-39-29(35)23-14-6-2-7-15-23)40-33(34)42-31(37)25-18-10-4-11-19-25/h2-21,27-28,33H,22H2,1H3/t27-,28?,33+,34-/m1/s1. The third-order valence-corrected chi connectivity index (χ3v) is 6.85. The number of carbonyl (C=O) groups excluding carboxylic acids is 4. The third kappa shape index (κ3) is 6.79. The van der Waals surface area contributed by atoms with E-state index in [1.165, 1.54) is 6.92 Å². The van der Waals surface area contributed by atoms with Gasteiger partial charge in [0.05, 0.1) is 22.3 Å². The molecule has 0 bridgehead atoms. The van der Waals surface area contributed by atoms with Crippen LogP contribution in [0.5, 0.6) is 0 Å². The Bertz CT molecular complexity index is 1560. The summed E-state index contributed by atoms with van der Waals surface area (Å²) in [5.74, 6) is -2.92. The van der Waals surface area contributed by atoms with Crippen molar-refractivity contribution in [1.82, 2.24) is 0 Å². The second-order valence-corrected chi connectivity index (χ2v) is 9.87. The number of ether oxygens (including phenoxy) is 5. The van der Waals surface area contributed by atoms with E-state index in [1.807, 2.05) is 0 Å². The molecule has 1 aliphatic rings. The molecule has 1 fully saturated rings. The lowest BCUT2D eigenvalue weighted by molar-refractivity contribution is -0.175. The molecular weight excluding hydrogens is 552 g/mol. The van der Waals surface area contributed by atoms with E-state index in [2.05, 4.69) is 0 Å². The van der Waals surface area contributed by atoms with Crippen LogP contribution < -0.4 is 0 Å². The van der Waals surface area contributed by atoms with E-state index < -0.39 is 54.6 Å². The third-order valence-electron chi connectivity index (χ3n) is 6.85. The molecule has 0 aliphatic carbocycles. The minimum Gasteiger partial charge on any atom is -0.459 e. The fourth-order valence-corrected chi connectivity index (χ4v) is 4.58. The zero-order valence-corrected chi connectivity index (χ0v) is 23.2. The fraction of sp³-hybridized carbons (Fsp3) is 0.176. The fourth-order valence-electron chi connectivity index (χ4n) is 4.58. The first kappa shape index (κ1) is 29.2. The average molecular weight is 581 g/mol. The molecule has 0 saturated carbocycles. The summed E-state index contributed by atoms with van der Waals surface area (Å²) in [6, 6.07) is 32.8. The number of hydrogen-bond donors (Lipinski definition) is 0. The topological polar surface area (TPSA) is 114 Å². The summed E-state index contributed by atoms with van der Waals surface area (Å²) in [5.41, 5.74) is -0.901. The van der Waals surface area contributed by atoms with Gasteiger partial charge in [-0.05, 0) is 55.5 Å². The van der Waals surface area contributed by atoms with Gasteiger partial charge in [-0.1, -0.05) is 72.8 Å². The maximum absolute atomic E-state index is 13.3. The summed E-state index contributed by atoms with van der Waals surface area (Å²) in [5, 5.41) is 0. The van der Waals surface area contributed by atoms with Gasteiger partial charge in [-0.25, -0.2) is 19.2 Å². The summed E-state index contributed by atoms with van der Waals surface area (Å²) in [4.78, 5) is 52.5. The first-order chi connectivity index (χ1) is 20.8. The Morgan fingerprint density at radius 3 is 1.44 bits per heavy atom. The van der Waals surface area contributed by atoms with E-state index in [1.54, 1.807) is 121 Å². The van der Waals surface area contributed by atoms with Crippen molar-refractivity contribution in [3.05, 3.63) is 144 Å². The molecule has 4 atom stereocenters. The first-order valence-corrected chi connectivity index (χ1v) is 13.5. The van der Waals surface area contributed by atoms with E-state index in [4.69, 9.17) is 23.7 Å². The molecule has 9 heteroatoms. The largest absolute Gasteiger partial charge is 0.459 e. The van der Waals surface area contributed by atoms with Crippen LogP contribution in [-0.4, -0.2) is 54.6 Å². The van der Waals surface area contributed by atoms with E-state index in [-0.39, 0.29) is 16.7 Å². The summed E-state index contributed by atoms with van der Waals surface area (Å²) in [6.45, 7) is 1.04. The zero-order valence-electron chi connectivity index (χ0n) is 23.2. The van der Waals surface area contributed by atoms with Crippen molar-refractivity contribution in [3.63, 3.8) is 0 Å². The molecule has 1 aliphatic heterocycles. The molecule has 4 aromatic rings. The second-order valence-electron chi connectivity index (χ2n) is 9.87. The maximum atomic E-state index is 13.3. The summed E-state index contributed by atoms with van der Waals surface area (Å²) >= 11 is 0. The van der Waals surface area contributed by atoms with E-state index in [9.17, 15) is 19.2 Å². The molecule has 5 rings (SSSR count). The molecule has 1 unspecified atom stereocenters. The SMILES string of the molecule is C[C@@]1(OC(=O)c2ccccc2)C(OC(=O)c2ccccc2)[C@@H](COC(=O)c2ccccc2)O[C@H]1OC(=O)c1ccccc1. The van der Waals surface area contributed by atoms with Crippen LogP contribution in [0.3, 0.4) is 0 Å². The molecular formula is C34H28O9.